The second-order valence-corrected chi connectivity index (χ2v) is 13.1. The second kappa shape index (κ2) is 16.3. The number of carbonyl (C=O) groups is 5. The third-order valence-corrected chi connectivity index (χ3v) is 9.51. The molecule has 1 aliphatic heterocycles. The lowest BCUT2D eigenvalue weighted by Crippen LogP contribution is -2.55. The Morgan fingerprint density at radius 3 is 2.34 bits per heavy atom. The average molecular weight is 746 g/mol. The molecule has 17 heteroatoms. The van der Waals surface area contributed by atoms with Crippen LogP contribution >= 0.6 is 0 Å². The molecule has 53 heavy (non-hydrogen) atoms. The lowest BCUT2D eigenvalue weighted by Gasteiger charge is -2.43. The van der Waals surface area contributed by atoms with E-state index in [4.69, 9.17) is 28.4 Å². The van der Waals surface area contributed by atoms with Gasteiger partial charge in [-0.1, -0.05) is 12.1 Å². The molecule has 0 spiro atoms. The van der Waals surface area contributed by atoms with Crippen molar-refractivity contribution in [2.24, 2.45) is 0 Å². The fourth-order valence-electron chi connectivity index (χ4n) is 7.03. The Hall–Kier alpha value is -4.49. The van der Waals surface area contributed by atoms with Gasteiger partial charge in [0.15, 0.2) is 17.9 Å². The van der Waals surface area contributed by atoms with Crippen LogP contribution in [0.3, 0.4) is 0 Å². The topological polar surface area (TPSA) is 254 Å². The molecule has 0 saturated carbocycles. The summed E-state index contributed by atoms with van der Waals surface area (Å²) in [6.45, 7) is 3.33. The van der Waals surface area contributed by atoms with Crippen LogP contribution < -0.4 is 10.1 Å². The van der Waals surface area contributed by atoms with E-state index in [2.05, 4.69) is 5.32 Å². The van der Waals surface area contributed by atoms with E-state index in [0.29, 0.717) is 0 Å². The molecule has 0 amide bonds. The maximum Gasteiger partial charge on any atom is 0.305 e. The molecule has 0 aromatic heterocycles. The van der Waals surface area contributed by atoms with Gasteiger partial charge in [-0.05, 0) is 13.0 Å². The van der Waals surface area contributed by atoms with Crippen molar-refractivity contribution in [3.8, 4) is 17.2 Å². The number of nitrogens with one attached hydrogen (secondary N) is 1. The van der Waals surface area contributed by atoms with E-state index in [1.54, 1.807) is 6.92 Å². The van der Waals surface area contributed by atoms with Gasteiger partial charge >= 0.3 is 11.9 Å². The zero-order chi connectivity index (χ0) is 38.8. The number of Topliss-reactive ketones (excluding diaryl/α,β-unsaturated/α-hetero) is 1. The van der Waals surface area contributed by atoms with Gasteiger partial charge in [-0.25, -0.2) is 0 Å². The highest BCUT2D eigenvalue weighted by atomic mass is 16.7. The highest BCUT2D eigenvalue weighted by Crippen LogP contribution is 2.52. The summed E-state index contributed by atoms with van der Waals surface area (Å²) in [5.74, 6) is -5.23. The van der Waals surface area contributed by atoms with Crippen LogP contribution in [0, 0.1) is 0 Å². The Morgan fingerprint density at radius 1 is 1.02 bits per heavy atom. The number of phenolic OH excluding ortho intramolecular Hbond substituents is 2. The molecule has 2 aromatic carbocycles. The monoisotopic (exact) mass is 745 g/mol. The molecule has 2 aliphatic carbocycles. The second-order valence-electron chi connectivity index (χ2n) is 13.1. The normalized spacial score (nSPS) is 24.9. The van der Waals surface area contributed by atoms with E-state index in [1.165, 1.54) is 39.2 Å². The minimum absolute atomic E-state index is 0.00433. The molecule has 5 rings (SSSR count). The maximum absolute atomic E-state index is 13.9. The van der Waals surface area contributed by atoms with Crippen molar-refractivity contribution in [1.82, 2.24) is 5.32 Å². The fourth-order valence-corrected chi connectivity index (χ4v) is 7.03. The first kappa shape index (κ1) is 39.7. The first-order chi connectivity index (χ1) is 25.1. The number of rotatable bonds is 14. The highest BCUT2D eigenvalue weighted by Gasteiger charge is 2.50. The van der Waals surface area contributed by atoms with Crippen molar-refractivity contribution in [1.29, 1.82) is 0 Å². The Labute approximate surface area is 303 Å². The number of ether oxygens (including phenoxy) is 6. The largest absolute Gasteiger partial charge is 0.507 e. The first-order valence-corrected chi connectivity index (χ1v) is 17.0. The standard InChI is InChI=1S/C36H43NO16/c1-16-31(42)21(37-9-11-49-10-8-25(51-17(2)39)52-18(3)40)12-26(50-16)53-23-14-36(47,24(41)15-38)13-20-28(23)35(46)30-29(33(20)44)32(43)19-6-5-7-22(48-4)27(19)34(30)45/h5-7,16,21,23,25-26,31,37-38,42,44,46-47H,8-15H2,1-4H3/t16?,21?,23-,26?,31?,36-/m0/s1. The van der Waals surface area contributed by atoms with Crippen molar-refractivity contribution in [2.75, 3.05) is 33.5 Å². The van der Waals surface area contributed by atoms with E-state index in [0.717, 1.165) is 0 Å². The third-order valence-electron chi connectivity index (χ3n) is 9.51. The lowest BCUT2D eigenvalue weighted by molar-refractivity contribution is -0.250. The number of phenols is 2. The van der Waals surface area contributed by atoms with Crippen molar-refractivity contribution < 1.29 is 77.9 Å². The molecule has 6 N–H and O–H groups in total. The van der Waals surface area contributed by atoms with Gasteiger partial charge in [0, 0.05) is 68.8 Å². The molecule has 0 radical (unpaired) electrons. The van der Waals surface area contributed by atoms with Crippen LogP contribution in [0.15, 0.2) is 18.2 Å². The highest BCUT2D eigenvalue weighted by molar-refractivity contribution is 6.31. The van der Waals surface area contributed by atoms with Crippen LogP contribution in [0.1, 0.15) is 89.1 Å². The molecule has 1 heterocycles. The molecule has 4 unspecified atom stereocenters. The zero-order valence-corrected chi connectivity index (χ0v) is 29.6. The number of ketones is 3. The summed E-state index contributed by atoms with van der Waals surface area (Å²) in [7, 11) is 1.31. The number of esters is 2. The summed E-state index contributed by atoms with van der Waals surface area (Å²) < 4.78 is 32.9. The summed E-state index contributed by atoms with van der Waals surface area (Å²) >= 11 is 0. The molecular weight excluding hydrogens is 702 g/mol. The van der Waals surface area contributed by atoms with Crippen LogP contribution in [0.5, 0.6) is 17.2 Å². The molecular formula is C36H43NO16. The molecule has 2 aromatic rings. The van der Waals surface area contributed by atoms with Gasteiger partial charge < -0.3 is 59.3 Å². The maximum atomic E-state index is 13.9. The number of benzene rings is 2. The van der Waals surface area contributed by atoms with Crippen LogP contribution in [-0.4, -0.2) is 125 Å². The van der Waals surface area contributed by atoms with Crippen molar-refractivity contribution in [2.45, 2.75) is 89.0 Å². The number of aliphatic hydroxyl groups is 3. The molecule has 1 fully saturated rings. The Balaban J connectivity index is 1.37. The Bertz CT molecular complexity index is 1760. The van der Waals surface area contributed by atoms with Crippen molar-refractivity contribution in [3.05, 3.63) is 51.6 Å². The molecule has 3 aliphatic rings. The predicted octanol–water partition coefficient (Wildman–Crippen LogP) is 0.491. The van der Waals surface area contributed by atoms with Crippen LogP contribution in [-0.2, 0) is 44.5 Å². The number of aliphatic hydroxyl groups excluding tert-OH is 2. The first-order valence-electron chi connectivity index (χ1n) is 17.0. The summed E-state index contributed by atoms with van der Waals surface area (Å²) in [4.78, 5) is 63.0. The quantitative estimate of drug-likeness (QED) is 0.0568. The predicted molar refractivity (Wildman–Crippen MR) is 178 cm³/mol. The third kappa shape index (κ3) is 8.06. The minimum atomic E-state index is -2.31. The summed E-state index contributed by atoms with van der Waals surface area (Å²) in [6.07, 6.45) is -6.55. The average Bonchev–Trinajstić information content (AvgIpc) is 3.10. The fraction of sp³-hybridized carbons (Fsp3) is 0.528. The van der Waals surface area contributed by atoms with Gasteiger partial charge in [0.25, 0.3) is 0 Å². The van der Waals surface area contributed by atoms with Crippen LogP contribution in [0.25, 0.3) is 0 Å². The number of fused-ring (bicyclic) bond motifs is 3. The molecule has 0 bridgehead atoms. The van der Waals surface area contributed by atoms with Crippen molar-refractivity contribution >= 4 is 29.3 Å². The van der Waals surface area contributed by atoms with E-state index in [1.807, 2.05) is 0 Å². The Kier molecular flexibility index (Phi) is 12.2. The molecule has 6 atom stereocenters. The number of carbonyl (C=O) groups excluding carboxylic acids is 5. The van der Waals surface area contributed by atoms with Gasteiger partial charge in [-0.3, -0.25) is 24.0 Å². The van der Waals surface area contributed by atoms with E-state index in [9.17, 15) is 49.5 Å². The smallest absolute Gasteiger partial charge is 0.305 e. The summed E-state index contributed by atoms with van der Waals surface area (Å²) in [6, 6.07) is 3.68. The number of methoxy groups -OCH3 is 1. The van der Waals surface area contributed by atoms with E-state index in [-0.39, 0.29) is 60.6 Å². The SMILES string of the molecule is COc1cccc2c1C(=O)c1c(O)c3c(c(O)c1C2=O)C[C@@](O)(C(=O)CO)C[C@@H]3OC1CC(NCCOCCC(OC(C)=O)OC(C)=O)C(O)C(C)O1. The minimum Gasteiger partial charge on any atom is -0.507 e. The van der Waals surface area contributed by atoms with Gasteiger partial charge in [0.05, 0.1) is 55.3 Å². The number of hydrogen-bond acceptors (Lipinski definition) is 17. The summed E-state index contributed by atoms with van der Waals surface area (Å²) in [5.41, 5.74) is -3.92. The molecule has 288 valence electrons. The van der Waals surface area contributed by atoms with Gasteiger partial charge in [-0.2, -0.15) is 0 Å². The van der Waals surface area contributed by atoms with E-state index < -0.39 is 114 Å². The van der Waals surface area contributed by atoms with Gasteiger partial charge in [-0.15, -0.1) is 0 Å². The zero-order valence-electron chi connectivity index (χ0n) is 29.6. The van der Waals surface area contributed by atoms with Crippen molar-refractivity contribution in [3.63, 3.8) is 0 Å². The van der Waals surface area contributed by atoms with Crippen LogP contribution in [0.2, 0.25) is 0 Å². The molecule has 17 nitrogen and oxygen atoms in total. The van der Waals surface area contributed by atoms with E-state index >= 15 is 0 Å². The number of aromatic hydroxyl groups is 2. The van der Waals surface area contributed by atoms with Gasteiger partial charge in [0.1, 0.15) is 29.5 Å². The Morgan fingerprint density at radius 2 is 1.70 bits per heavy atom. The van der Waals surface area contributed by atoms with Gasteiger partial charge in [0.2, 0.25) is 12.1 Å². The molecule has 1 saturated heterocycles. The number of hydrogen-bond donors (Lipinski definition) is 6. The van der Waals surface area contributed by atoms with Crippen LogP contribution in [0.4, 0.5) is 0 Å². The lowest BCUT2D eigenvalue weighted by atomic mass is 9.72. The summed E-state index contributed by atoms with van der Waals surface area (Å²) in [5, 5.41) is 58.5.